The summed E-state index contributed by atoms with van der Waals surface area (Å²) in [7, 11) is 0. The number of carbonyl (C=O) groups is 1. The summed E-state index contributed by atoms with van der Waals surface area (Å²) in [5, 5.41) is 3.18. The lowest BCUT2D eigenvalue weighted by Gasteiger charge is -2.21. The van der Waals surface area contributed by atoms with E-state index in [1.807, 2.05) is 0 Å². The van der Waals surface area contributed by atoms with Crippen LogP contribution in [0.15, 0.2) is 18.5 Å². The molecule has 3 N–H and O–H groups in total. The second kappa shape index (κ2) is 6.25. The van der Waals surface area contributed by atoms with Crippen LogP contribution in [0.5, 0.6) is 0 Å². The molecule has 2 fully saturated rings. The molecule has 0 saturated carbocycles. The Kier molecular flexibility index (Phi) is 4.18. The van der Waals surface area contributed by atoms with Crippen molar-refractivity contribution in [3.05, 3.63) is 29.6 Å². The second-order valence-electron chi connectivity index (χ2n) is 5.54. The fourth-order valence-corrected chi connectivity index (χ4v) is 3.34. The van der Waals surface area contributed by atoms with Gasteiger partial charge in [0.2, 0.25) is 0 Å². The predicted octanol–water partition coefficient (Wildman–Crippen LogP) is 0.358. The molecule has 0 aromatic carbocycles. The zero-order valence-corrected chi connectivity index (χ0v) is 12.0. The highest BCUT2D eigenvalue weighted by Crippen LogP contribution is 2.28. The predicted molar refractivity (Wildman–Crippen MR) is 80.6 cm³/mol. The second-order valence-corrected chi connectivity index (χ2v) is 5.54. The van der Waals surface area contributed by atoms with Crippen molar-refractivity contribution in [2.45, 2.75) is 31.3 Å². The van der Waals surface area contributed by atoms with Gasteiger partial charge in [-0.25, -0.2) is 0 Å². The Labute approximate surface area is 124 Å². The van der Waals surface area contributed by atoms with Crippen molar-refractivity contribution in [1.29, 1.82) is 0 Å². The van der Waals surface area contributed by atoms with Crippen molar-refractivity contribution in [3.8, 4) is 11.8 Å². The first-order valence-corrected chi connectivity index (χ1v) is 7.47. The summed E-state index contributed by atoms with van der Waals surface area (Å²) in [4.78, 5) is 19.0. The van der Waals surface area contributed by atoms with Gasteiger partial charge in [-0.1, -0.05) is 11.8 Å². The third-order valence-electron chi connectivity index (χ3n) is 4.31. The molecule has 0 aliphatic carbocycles. The lowest BCUT2D eigenvalue weighted by molar-refractivity contribution is 0.0929. The van der Waals surface area contributed by atoms with Crippen LogP contribution in [0.1, 0.15) is 35.2 Å². The van der Waals surface area contributed by atoms with Gasteiger partial charge in [-0.2, -0.15) is 0 Å². The van der Waals surface area contributed by atoms with E-state index in [0.29, 0.717) is 17.2 Å². The van der Waals surface area contributed by atoms with E-state index in [-0.39, 0.29) is 18.5 Å². The number of nitrogens with two attached hydrogens (primary N) is 1. The third kappa shape index (κ3) is 2.92. The number of pyridine rings is 1. The van der Waals surface area contributed by atoms with E-state index < -0.39 is 0 Å². The first kappa shape index (κ1) is 14.1. The molecule has 21 heavy (non-hydrogen) atoms. The Morgan fingerprint density at radius 1 is 1.48 bits per heavy atom. The Morgan fingerprint density at radius 3 is 3.24 bits per heavy atom. The van der Waals surface area contributed by atoms with Gasteiger partial charge in [0.25, 0.3) is 5.91 Å². The van der Waals surface area contributed by atoms with Gasteiger partial charge in [-0.15, -0.1) is 0 Å². The molecule has 1 aromatic heterocycles. The van der Waals surface area contributed by atoms with Crippen molar-refractivity contribution in [2.75, 3.05) is 19.6 Å². The molecule has 2 aliphatic heterocycles. The molecule has 2 atom stereocenters. The fraction of sp³-hybridized carbons (Fsp3) is 0.500. The zero-order valence-electron chi connectivity index (χ0n) is 12.0. The molecule has 2 aliphatic rings. The molecular weight excluding hydrogens is 264 g/mol. The minimum Gasteiger partial charge on any atom is -0.348 e. The SMILES string of the molecule is NCC#Cc1cnccc1C(=O)NC1CCN2CCCC12. The van der Waals surface area contributed by atoms with Gasteiger partial charge in [0.1, 0.15) is 0 Å². The van der Waals surface area contributed by atoms with Crippen LogP contribution in [-0.4, -0.2) is 47.5 Å². The van der Waals surface area contributed by atoms with Crippen LogP contribution in [0.2, 0.25) is 0 Å². The van der Waals surface area contributed by atoms with Crippen molar-refractivity contribution in [3.63, 3.8) is 0 Å². The van der Waals surface area contributed by atoms with Gasteiger partial charge in [-0.05, 0) is 31.9 Å². The molecule has 110 valence electrons. The summed E-state index contributed by atoms with van der Waals surface area (Å²) in [6.07, 6.45) is 6.69. The van der Waals surface area contributed by atoms with E-state index in [1.165, 1.54) is 19.4 Å². The number of hydrogen-bond acceptors (Lipinski definition) is 4. The normalized spacial score (nSPS) is 24.2. The molecular formula is C16H20N4O. The number of nitrogens with one attached hydrogen (secondary N) is 1. The molecule has 5 heteroatoms. The van der Waals surface area contributed by atoms with E-state index in [1.54, 1.807) is 18.5 Å². The van der Waals surface area contributed by atoms with Gasteiger partial charge in [0.15, 0.2) is 0 Å². The molecule has 5 nitrogen and oxygen atoms in total. The number of fused-ring (bicyclic) bond motifs is 1. The van der Waals surface area contributed by atoms with Crippen LogP contribution < -0.4 is 11.1 Å². The van der Waals surface area contributed by atoms with Crippen LogP contribution in [0.4, 0.5) is 0 Å². The fourth-order valence-electron chi connectivity index (χ4n) is 3.34. The Bertz CT molecular complexity index is 589. The maximum atomic E-state index is 12.5. The quantitative estimate of drug-likeness (QED) is 0.769. The van der Waals surface area contributed by atoms with Crippen LogP contribution >= 0.6 is 0 Å². The van der Waals surface area contributed by atoms with Gasteiger partial charge >= 0.3 is 0 Å². The molecule has 0 bridgehead atoms. The third-order valence-corrected chi connectivity index (χ3v) is 4.31. The maximum absolute atomic E-state index is 12.5. The summed E-state index contributed by atoms with van der Waals surface area (Å²) >= 11 is 0. The molecule has 1 aromatic rings. The molecule has 1 amide bonds. The Hall–Kier alpha value is -1.90. The molecule has 2 saturated heterocycles. The number of aromatic nitrogens is 1. The molecule has 3 heterocycles. The number of carbonyl (C=O) groups excluding carboxylic acids is 1. The van der Waals surface area contributed by atoms with E-state index in [0.717, 1.165) is 13.0 Å². The number of rotatable bonds is 2. The average Bonchev–Trinajstić information content (AvgIpc) is 3.10. The standard InChI is InChI=1S/C16H20N4O/c17-7-1-3-12-11-18-8-5-13(12)16(21)19-14-6-10-20-9-2-4-15(14)20/h5,8,11,14-15H,2,4,6-7,9-10,17H2,(H,19,21). The minimum atomic E-state index is -0.0579. The average molecular weight is 284 g/mol. The monoisotopic (exact) mass is 284 g/mol. The molecule has 0 radical (unpaired) electrons. The van der Waals surface area contributed by atoms with Crippen LogP contribution in [0.3, 0.4) is 0 Å². The minimum absolute atomic E-state index is 0.0579. The molecule has 3 rings (SSSR count). The largest absolute Gasteiger partial charge is 0.348 e. The first-order valence-electron chi connectivity index (χ1n) is 7.47. The van der Waals surface area contributed by atoms with Crippen LogP contribution in [0, 0.1) is 11.8 Å². The highest BCUT2D eigenvalue weighted by molar-refractivity contribution is 5.96. The maximum Gasteiger partial charge on any atom is 0.252 e. The van der Waals surface area contributed by atoms with Gasteiger partial charge in [-0.3, -0.25) is 14.7 Å². The summed E-state index contributed by atoms with van der Waals surface area (Å²) in [5.74, 6) is 5.64. The first-order chi connectivity index (χ1) is 10.3. The smallest absolute Gasteiger partial charge is 0.252 e. The number of hydrogen-bond donors (Lipinski definition) is 2. The lowest BCUT2D eigenvalue weighted by atomic mass is 10.0. The van der Waals surface area contributed by atoms with Crippen molar-refractivity contribution in [1.82, 2.24) is 15.2 Å². The highest BCUT2D eigenvalue weighted by Gasteiger charge is 2.37. The van der Waals surface area contributed by atoms with Gasteiger partial charge in [0.05, 0.1) is 17.7 Å². The highest BCUT2D eigenvalue weighted by atomic mass is 16.1. The summed E-state index contributed by atoms with van der Waals surface area (Å²) in [6, 6.07) is 2.48. The topological polar surface area (TPSA) is 71.2 Å². The van der Waals surface area contributed by atoms with E-state index >= 15 is 0 Å². The van der Waals surface area contributed by atoms with Crippen molar-refractivity contribution < 1.29 is 4.79 Å². The number of amides is 1. The Balaban J connectivity index is 1.74. The van der Waals surface area contributed by atoms with E-state index in [2.05, 4.69) is 27.0 Å². The van der Waals surface area contributed by atoms with Gasteiger partial charge < -0.3 is 11.1 Å². The number of nitrogens with zero attached hydrogens (tertiary/aromatic N) is 2. The van der Waals surface area contributed by atoms with Crippen molar-refractivity contribution in [2.24, 2.45) is 5.73 Å². The summed E-state index contributed by atoms with van der Waals surface area (Å²) < 4.78 is 0. The lowest BCUT2D eigenvalue weighted by Crippen LogP contribution is -2.42. The van der Waals surface area contributed by atoms with Crippen molar-refractivity contribution >= 4 is 5.91 Å². The van der Waals surface area contributed by atoms with E-state index in [4.69, 9.17) is 5.73 Å². The zero-order chi connectivity index (χ0) is 14.7. The van der Waals surface area contributed by atoms with Crippen LogP contribution in [0.25, 0.3) is 0 Å². The summed E-state index contributed by atoms with van der Waals surface area (Å²) in [5.41, 5.74) is 6.62. The molecule has 0 spiro atoms. The van der Waals surface area contributed by atoms with Crippen LogP contribution in [-0.2, 0) is 0 Å². The molecule has 2 unspecified atom stereocenters. The Morgan fingerprint density at radius 2 is 2.38 bits per heavy atom. The summed E-state index contributed by atoms with van der Waals surface area (Å²) in [6.45, 7) is 2.53. The van der Waals surface area contributed by atoms with Gasteiger partial charge in [0, 0.05) is 31.0 Å². The van der Waals surface area contributed by atoms with E-state index in [9.17, 15) is 4.79 Å².